The van der Waals surface area contributed by atoms with Gasteiger partial charge in [-0.2, -0.15) is 0 Å². The highest BCUT2D eigenvalue weighted by atomic mass is 16.4. The van der Waals surface area contributed by atoms with E-state index in [9.17, 15) is 4.79 Å². The summed E-state index contributed by atoms with van der Waals surface area (Å²) in [4.78, 5) is 18.5. The molecule has 0 aliphatic rings. The van der Waals surface area contributed by atoms with Gasteiger partial charge in [0.25, 0.3) is 0 Å². The summed E-state index contributed by atoms with van der Waals surface area (Å²) < 4.78 is 10.4. The molecule has 1 aromatic carbocycles. The van der Waals surface area contributed by atoms with Gasteiger partial charge in [0.1, 0.15) is 0 Å². The predicted molar refractivity (Wildman–Crippen MR) is 69.1 cm³/mol. The van der Waals surface area contributed by atoms with E-state index in [1.807, 2.05) is 0 Å². The van der Waals surface area contributed by atoms with Gasteiger partial charge in [0.05, 0.1) is 12.4 Å². The number of aromatic nitrogens is 2. The first-order chi connectivity index (χ1) is 9.72. The van der Waals surface area contributed by atoms with Crippen LogP contribution in [0.3, 0.4) is 0 Å². The van der Waals surface area contributed by atoms with E-state index in [4.69, 9.17) is 13.9 Å². The number of hydrogen-bond donors (Lipinski definition) is 2. The van der Waals surface area contributed by atoms with Crippen LogP contribution in [0, 0.1) is 0 Å². The van der Waals surface area contributed by atoms with Crippen LogP contribution < -0.4 is 5.32 Å². The van der Waals surface area contributed by atoms with Gasteiger partial charge in [-0.15, -0.1) is 0 Å². The quantitative estimate of drug-likeness (QED) is 0.759. The highest BCUT2D eigenvalue weighted by molar-refractivity contribution is 5.86. The molecule has 0 fully saturated rings. The van der Waals surface area contributed by atoms with E-state index < -0.39 is 6.09 Å². The summed E-state index contributed by atoms with van der Waals surface area (Å²) in [6.07, 6.45) is 4.55. The summed E-state index contributed by atoms with van der Waals surface area (Å²) in [6, 6.07) is 5.09. The Hall–Kier alpha value is -3.09. The Morgan fingerprint density at radius 1 is 1.00 bits per heavy atom. The standard InChI is InChI=1S/C13H9N3O4/c17-13(18)16-10-2-8(11-4-14-6-19-11)1-9(3-10)12-5-15-7-20-12/h1-7,16H,(H,17,18). The van der Waals surface area contributed by atoms with Crippen LogP contribution in [0.25, 0.3) is 22.6 Å². The zero-order valence-corrected chi connectivity index (χ0v) is 10.1. The van der Waals surface area contributed by atoms with Gasteiger partial charge in [0.2, 0.25) is 0 Å². The number of hydrogen-bond acceptors (Lipinski definition) is 5. The van der Waals surface area contributed by atoms with Crippen LogP contribution in [-0.4, -0.2) is 21.2 Å². The molecule has 2 aromatic heterocycles. The Morgan fingerprint density at radius 2 is 1.55 bits per heavy atom. The number of carboxylic acid groups (broad SMARTS) is 1. The van der Waals surface area contributed by atoms with E-state index in [0.717, 1.165) is 0 Å². The predicted octanol–water partition coefficient (Wildman–Crippen LogP) is 3.09. The number of benzene rings is 1. The Balaban J connectivity index is 2.10. The maximum absolute atomic E-state index is 10.8. The molecule has 0 saturated heterocycles. The van der Waals surface area contributed by atoms with Crippen molar-refractivity contribution in [2.75, 3.05) is 5.32 Å². The zero-order chi connectivity index (χ0) is 13.9. The number of amides is 1. The summed E-state index contributed by atoms with van der Waals surface area (Å²) in [6.45, 7) is 0. The van der Waals surface area contributed by atoms with E-state index in [0.29, 0.717) is 28.3 Å². The normalized spacial score (nSPS) is 10.4. The average Bonchev–Trinajstić information content (AvgIpc) is 3.11. The van der Waals surface area contributed by atoms with E-state index in [-0.39, 0.29) is 0 Å². The van der Waals surface area contributed by atoms with E-state index >= 15 is 0 Å². The SMILES string of the molecule is O=C(O)Nc1cc(-c2cnco2)cc(-c2cnco2)c1. The summed E-state index contributed by atoms with van der Waals surface area (Å²) >= 11 is 0. The number of anilines is 1. The van der Waals surface area contributed by atoms with Gasteiger partial charge in [0, 0.05) is 16.8 Å². The summed E-state index contributed by atoms with van der Waals surface area (Å²) in [5, 5.41) is 11.1. The van der Waals surface area contributed by atoms with Crippen LogP contribution >= 0.6 is 0 Å². The Kier molecular flexibility index (Phi) is 2.92. The van der Waals surface area contributed by atoms with Crippen molar-refractivity contribution in [2.45, 2.75) is 0 Å². The third-order valence-electron chi connectivity index (χ3n) is 2.62. The van der Waals surface area contributed by atoms with Gasteiger partial charge in [-0.05, 0) is 18.2 Å². The van der Waals surface area contributed by atoms with Crippen LogP contribution in [0.4, 0.5) is 10.5 Å². The lowest BCUT2D eigenvalue weighted by Crippen LogP contribution is -2.07. The lowest BCUT2D eigenvalue weighted by molar-refractivity contribution is 0.210. The summed E-state index contributed by atoms with van der Waals surface area (Å²) in [5.74, 6) is 1.06. The third kappa shape index (κ3) is 2.37. The van der Waals surface area contributed by atoms with Gasteiger partial charge in [0.15, 0.2) is 24.3 Å². The van der Waals surface area contributed by atoms with Crippen molar-refractivity contribution in [1.29, 1.82) is 0 Å². The molecule has 0 atom stereocenters. The van der Waals surface area contributed by atoms with E-state index in [1.165, 1.54) is 12.8 Å². The first-order valence-electron chi connectivity index (χ1n) is 5.65. The molecule has 7 heteroatoms. The molecular weight excluding hydrogens is 262 g/mol. The van der Waals surface area contributed by atoms with Crippen LogP contribution in [-0.2, 0) is 0 Å². The molecule has 0 saturated carbocycles. The minimum absolute atomic E-state index is 0.401. The number of nitrogens with one attached hydrogen (secondary N) is 1. The Labute approximate surface area is 112 Å². The largest absolute Gasteiger partial charge is 0.465 e. The second-order valence-electron chi connectivity index (χ2n) is 3.96. The first kappa shape index (κ1) is 12.0. The number of rotatable bonds is 3. The molecule has 1 amide bonds. The maximum atomic E-state index is 10.8. The minimum atomic E-state index is -1.15. The topological polar surface area (TPSA) is 101 Å². The monoisotopic (exact) mass is 271 g/mol. The van der Waals surface area contributed by atoms with Gasteiger partial charge >= 0.3 is 6.09 Å². The second-order valence-corrected chi connectivity index (χ2v) is 3.96. The molecule has 7 nitrogen and oxygen atoms in total. The Bertz CT molecular complexity index is 668. The molecule has 0 radical (unpaired) electrons. The summed E-state index contributed by atoms with van der Waals surface area (Å²) in [5.41, 5.74) is 1.76. The fourth-order valence-corrected chi connectivity index (χ4v) is 1.82. The van der Waals surface area contributed by atoms with Crippen LogP contribution in [0.5, 0.6) is 0 Å². The van der Waals surface area contributed by atoms with Crippen molar-refractivity contribution in [1.82, 2.24) is 9.97 Å². The Morgan fingerprint density at radius 3 is 1.95 bits per heavy atom. The molecule has 0 unspecified atom stereocenters. The van der Waals surface area contributed by atoms with Crippen molar-refractivity contribution < 1.29 is 18.7 Å². The van der Waals surface area contributed by atoms with Gasteiger partial charge in [-0.1, -0.05) is 0 Å². The third-order valence-corrected chi connectivity index (χ3v) is 2.62. The van der Waals surface area contributed by atoms with E-state index in [2.05, 4.69) is 15.3 Å². The number of oxazole rings is 2. The molecular formula is C13H9N3O4. The summed E-state index contributed by atoms with van der Waals surface area (Å²) in [7, 11) is 0. The molecule has 100 valence electrons. The maximum Gasteiger partial charge on any atom is 0.409 e. The molecule has 0 spiro atoms. The molecule has 3 rings (SSSR count). The zero-order valence-electron chi connectivity index (χ0n) is 10.1. The van der Waals surface area contributed by atoms with Crippen molar-refractivity contribution in [3.05, 3.63) is 43.4 Å². The van der Waals surface area contributed by atoms with Crippen molar-refractivity contribution in [3.63, 3.8) is 0 Å². The molecule has 0 aliphatic carbocycles. The number of carbonyl (C=O) groups is 1. The van der Waals surface area contributed by atoms with Crippen molar-refractivity contribution in [3.8, 4) is 22.6 Å². The molecule has 0 bridgehead atoms. The molecule has 2 heterocycles. The minimum Gasteiger partial charge on any atom is -0.465 e. The van der Waals surface area contributed by atoms with Crippen LogP contribution in [0.15, 0.2) is 52.2 Å². The van der Waals surface area contributed by atoms with E-state index in [1.54, 1.807) is 30.6 Å². The fourth-order valence-electron chi connectivity index (χ4n) is 1.82. The highest BCUT2D eigenvalue weighted by Gasteiger charge is 2.10. The molecule has 2 N–H and O–H groups in total. The smallest absolute Gasteiger partial charge is 0.409 e. The van der Waals surface area contributed by atoms with Crippen molar-refractivity contribution in [2.24, 2.45) is 0 Å². The van der Waals surface area contributed by atoms with Gasteiger partial charge in [-0.25, -0.2) is 14.8 Å². The average molecular weight is 271 g/mol. The molecule has 20 heavy (non-hydrogen) atoms. The lowest BCUT2D eigenvalue weighted by atomic mass is 10.1. The fraction of sp³-hybridized carbons (Fsp3) is 0. The second kappa shape index (κ2) is 4.88. The van der Waals surface area contributed by atoms with Gasteiger partial charge < -0.3 is 13.9 Å². The van der Waals surface area contributed by atoms with Crippen LogP contribution in [0.1, 0.15) is 0 Å². The first-order valence-corrected chi connectivity index (χ1v) is 5.65. The molecule has 3 aromatic rings. The van der Waals surface area contributed by atoms with Crippen molar-refractivity contribution >= 4 is 11.8 Å². The van der Waals surface area contributed by atoms with Crippen LogP contribution in [0.2, 0.25) is 0 Å². The molecule has 0 aliphatic heterocycles. The van der Waals surface area contributed by atoms with Gasteiger partial charge in [-0.3, -0.25) is 5.32 Å². The lowest BCUT2D eigenvalue weighted by Gasteiger charge is -2.06. The highest BCUT2D eigenvalue weighted by Crippen LogP contribution is 2.30. The number of nitrogens with zero attached hydrogens (tertiary/aromatic N) is 2.